The largest absolute Gasteiger partial charge is 0.325 e. The van der Waals surface area contributed by atoms with E-state index < -0.39 is 0 Å². The Balaban J connectivity index is 1.48. The lowest BCUT2D eigenvalue weighted by Crippen LogP contribution is -2.23. The highest BCUT2D eigenvalue weighted by Gasteiger charge is 2.25. The van der Waals surface area contributed by atoms with Crippen molar-refractivity contribution >= 4 is 50.7 Å². The van der Waals surface area contributed by atoms with Gasteiger partial charge in [-0.1, -0.05) is 49.0 Å². The van der Waals surface area contributed by atoms with Crippen LogP contribution in [0.15, 0.2) is 64.5 Å². The molecule has 1 N–H and O–H groups in total. The second kappa shape index (κ2) is 9.79. The highest BCUT2D eigenvalue weighted by Crippen LogP contribution is 2.37. The summed E-state index contributed by atoms with van der Waals surface area (Å²) in [5.41, 5.74) is 2.90. The van der Waals surface area contributed by atoms with Gasteiger partial charge in [-0.05, 0) is 61.9 Å². The monoisotopic (exact) mass is 503 g/mol. The van der Waals surface area contributed by atoms with Crippen LogP contribution < -0.4 is 10.9 Å². The zero-order valence-corrected chi connectivity index (χ0v) is 21.2. The van der Waals surface area contributed by atoms with E-state index in [4.69, 9.17) is 4.98 Å². The van der Waals surface area contributed by atoms with Gasteiger partial charge in [-0.2, -0.15) is 0 Å². The number of nitrogens with zero attached hydrogens (tertiary/aromatic N) is 2. The molecule has 6 nitrogen and oxygen atoms in total. The van der Waals surface area contributed by atoms with Gasteiger partial charge in [0.25, 0.3) is 5.56 Å². The van der Waals surface area contributed by atoms with Crippen LogP contribution >= 0.6 is 23.1 Å². The third-order valence-corrected chi connectivity index (χ3v) is 8.28. The Morgan fingerprint density at radius 1 is 1.17 bits per heavy atom. The average molecular weight is 504 g/mol. The Bertz CT molecular complexity index is 1490. The van der Waals surface area contributed by atoms with Crippen LogP contribution in [0.4, 0.5) is 5.69 Å². The first-order chi connectivity index (χ1) is 16.9. The number of amides is 1. The smallest absolute Gasteiger partial charge is 0.267 e. The van der Waals surface area contributed by atoms with Crippen molar-refractivity contribution in [1.29, 1.82) is 0 Å². The van der Waals surface area contributed by atoms with E-state index in [0.29, 0.717) is 22.3 Å². The van der Waals surface area contributed by atoms with E-state index >= 15 is 0 Å². The van der Waals surface area contributed by atoms with Crippen LogP contribution in [0.1, 0.15) is 41.1 Å². The number of thioether (sulfide) groups is 1. The molecule has 0 saturated heterocycles. The van der Waals surface area contributed by atoms with E-state index in [2.05, 4.69) is 12.2 Å². The molecule has 0 radical (unpaired) electrons. The van der Waals surface area contributed by atoms with Crippen molar-refractivity contribution in [3.63, 3.8) is 0 Å². The number of carbonyl (C=O) groups is 2. The molecule has 35 heavy (non-hydrogen) atoms. The van der Waals surface area contributed by atoms with Crippen molar-refractivity contribution in [3.8, 4) is 5.69 Å². The van der Waals surface area contributed by atoms with Crippen LogP contribution in [0.25, 0.3) is 15.9 Å². The summed E-state index contributed by atoms with van der Waals surface area (Å²) in [6.07, 6.45) is 2.95. The first kappa shape index (κ1) is 23.5. The molecule has 8 heteroatoms. The normalized spacial score (nSPS) is 15.1. The number of benzene rings is 2. The minimum absolute atomic E-state index is 0.0621. The quantitative estimate of drug-likeness (QED) is 0.213. The third-order valence-electron chi connectivity index (χ3n) is 6.20. The molecule has 0 spiro atoms. The number of hydrogen-bond acceptors (Lipinski definition) is 6. The molecule has 0 aliphatic heterocycles. The number of carbonyl (C=O) groups excluding carboxylic acids is 2. The number of aromatic nitrogens is 2. The highest BCUT2D eigenvalue weighted by atomic mass is 32.2. The Kier molecular flexibility index (Phi) is 6.58. The summed E-state index contributed by atoms with van der Waals surface area (Å²) >= 11 is 2.84. The molecule has 4 aromatic rings. The van der Waals surface area contributed by atoms with Crippen LogP contribution in [0.2, 0.25) is 0 Å². The fraction of sp³-hybridized carbons (Fsp3) is 0.259. The SMILES string of the molecule is CC(=O)c1cccc(NC(=O)CSc2nc3sc4c(c3c(=O)n2-c2ccccc2)CCC(C)C4)c1. The second-order valence-electron chi connectivity index (χ2n) is 8.88. The van der Waals surface area contributed by atoms with Crippen molar-refractivity contribution in [2.75, 3.05) is 11.1 Å². The second-order valence-corrected chi connectivity index (χ2v) is 10.9. The summed E-state index contributed by atoms with van der Waals surface area (Å²) in [4.78, 5) is 45.0. The van der Waals surface area contributed by atoms with Gasteiger partial charge in [0.1, 0.15) is 4.83 Å². The lowest BCUT2D eigenvalue weighted by atomic mass is 9.89. The summed E-state index contributed by atoms with van der Waals surface area (Å²) in [7, 11) is 0. The Hall–Kier alpha value is -3.23. The van der Waals surface area contributed by atoms with Crippen molar-refractivity contribution in [3.05, 3.63) is 81.0 Å². The highest BCUT2D eigenvalue weighted by molar-refractivity contribution is 7.99. The zero-order valence-electron chi connectivity index (χ0n) is 19.5. The van der Waals surface area contributed by atoms with Gasteiger partial charge >= 0.3 is 0 Å². The molecule has 5 rings (SSSR count). The molecule has 1 amide bonds. The molecule has 2 aromatic carbocycles. The topological polar surface area (TPSA) is 81.1 Å². The third kappa shape index (κ3) is 4.81. The standard InChI is InChI=1S/C27H25N3O3S2/c1-16-11-12-21-22(13-16)35-25-24(21)26(33)30(20-9-4-3-5-10-20)27(29-25)34-15-23(32)28-19-8-6-7-18(14-19)17(2)31/h3-10,14,16H,11-13,15H2,1-2H3,(H,28,32). The number of aryl methyl sites for hydroxylation is 1. The fourth-order valence-electron chi connectivity index (χ4n) is 4.42. The van der Waals surface area contributed by atoms with Gasteiger partial charge in [-0.3, -0.25) is 19.0 Å². The van der Waals surface area contributed by atoms with Gasteiger partial charge < -0.3 is 5.32 Å². The molecular formula is C27H25N3O3S2. The summed E-state index contributed by atoms with van der Waals surface area (Å²) in [5, 5.41) is 4.05. The molecule has 1 atom stereocenters. The van der Waals surface area contributed by atoms with E-state index in [0.717, 1.165) is 40.7 Å². The number of thiophene rings is 1. The van der Waals surface area contributed by atoms with Crippen molar-refractivity contribution < 1.29 is 9.59 Å². The van der Waals surface area contributed by atoms with Gasteiger partial charge in [-0.15, -0.1) is 11.3 Å². The number of rotatable bonds is 6. The maximum absolute atomic E-state index is 13.8. The molecule has 1 unspecified atom stereocenters. The number of fused-ring (bicyclic) bond motifs is 3. The van der Waals surface area contributed by atoms with E-state index in [-0.39, 0.29) is 23.0 Å². The zero-order chi connectivity index (χ0) is 24.5. The predicted molar refractivity (Wildman–Crippen MR) is 142 cm³/mol. The van der Waals surface area contributed by atoms with E-state index in [1.54, 1.807) is 40.2 Å². The lowest BCUT2D eigenvalue weighted by molar-refractivity contribution is -0.113. The molecule has 0 saturated carbocycles. The van der Waals surface area contributed by atoms with Crippen molar-refractivity contribution in [2.45, 2.75) is 38.3 Å². The molecule has 1 aliphatic carbocycles. The van der Waals surface area contributed by atoms with Gasteiger partial charge in [0.05, 0.1) is 16.8 Å². The molecule has 178 valence electrons. The van der Waals surface area contributed by atoms with Crippen LogP contribution in [-0.2, 0) is 17.6 Å². The number of ketones is 1. The van der Waals surface area contributed by atoms with Crippen molar-refractivity contribution in [1.82, 2.24) is 9.55 Å². The number of nitrogens with one attached hydrogen (secondary N) is 1. The minimum atomic E-state index is -0.232. The number of Topliss-reactive ketones (excluding diaryl/α,β-unsaturated/α-hetero) is 1. The summed E-state index contributed by atoms with van der Waals surface area (Å²) in [5.74, 6) is 0.389. The lowest BCUT2D eigenvalue weighted by Gasteiger charge is -2.17. The van der Waals surface area contributed by atoms with Gasteiger partial charge in [0.15, 0.2) is 10.9 Å². The number of para-hydroxylation sites is 1. The predicted octanol–water partition coefficient (Wildman–Crippen LogP) is 5.51. The van der Waals surface area contributed by atoms with Crippen LogP contribution in [-0.4, -0.2) is 27.0 Å². The summed E-state index contributed by atoms with van der Waals surface area (Å²) in [6, 6.07) is 16.3. The average Bonchev–Trinajstić information content (AvgIpc) is 3.21. The first-order valence-electron chi connectivity index (χ1n) is 11.6. The molecule has 2 heterocycles. The van der Waals surface area contributed by atoms with Crippen molar-refractivity contribution in [2.24, 2.45) is 5.92 Å². The summed E-state index contributed by atoms with van der Waals surface area (Å²) < 4.78 is 1.63. The summed E-state index contributed by atoms with van der Waals surface area (Å²) in [6.45, 7) is 3.74. The Morgan fingerprint density at radius 3 is 2.74 bits per heavy atom. The maximum atomic E-state index is 13.8. The van der Waals surface area contributed by atoms with E-state index in [1.807, 2.05) is 30.3 Å². The van der Waals surface area contributed by atoms with Crippen LogP contribution in [0, 0.1) is 5.92 Å². The Morgan fingerprint density at radius 2 is 1.97 bits per heavy atom. The molecule has 0 bridgehead atoms. The van der Waals surface area contributed by atoms with Gasteiger partial charge in [0.2, 0.25) is 5.91 Å². The van der Waals surface area contributed by atoms with Gasteiger partial charge in [0, 0.05) is 16.1 Å². The maximum Gasteiger partial charge on any atom is 0.267 e. The van der Waals surface area contributed by atoms with Gasteiger partial charge in [-0.25, -0.2) is 4.98 Å². The molecule has 2 aromatic heterocycles. The first-order valence-corrected chi connectivity index (χ1v) is 13.4. The Labute approximate surface area is 211 Å². The van der Waals surface area contributed by atoms with E-state index in [9.17, 15) is 14.4 Å². The molecule has 0 fully saturated rings. The molecular weight excluding hydrogens is 478 g/mol. The van der Waals surface area contributed by atoms with Crippen LogP contribution in [0.5, 0.6) is 0 Å². The van der Waals surface area contributed by atoms with E-state index in [1.165, 1.54) is 23.6 Å². The fourth-order valence-corrected chi connectivity index (χ4v) is 6.65. The number of hydrogen-bond donors (Lipinski definition) is 1. The minimum Gasteiger partial charge on any atom is -0.325 e. The van der Waals surface area contributed by atoms with Crippen LogP contribution in [0.3, 0.4) is 0 Å². The number of anilines is 1. The molecule has 1 aliphatic rings.